The zero-order valence-electron chi connectivity index (χ0n) is 13.9. The van der Waals surface area contributed by atoms with Gasteiger partial charge in [0.1, 0.15) is 0 Å². The van der Waals surface area contributed by atoms with Crippen molar-refractivity contribution in [3.63, 3.8) is 0 Å². The van der Waals surface area contributed by atoms with Crippen LogP contribution in [0.15, 0.2) is 36.5 Å². The molecule has 1 aliphatic carbocycles. The van der Waals surface area contributed by atoms with Crippen LogP contribution in [0.1, 0.15) is 53.2 Å². The quantitative estimate of drug-likeness (QED) is 0.873. The summed E-state index contributed by atoms with van der Waals surface area (Å²) in [5.41, 5.74) is 2.86. The molecule has 0 spiro atoms. The number of nitrogens with zero attached hydrogens (tertiary/aromatic N) is 2. The lowest BCUT2D eigenvalue weighted by atomic mass is 9.78. The predicted octanol–water partition coefficient (Wildman–Crippen LogP) is 3.87. The van der Waals surface area contributed by atoms with E-state index in [9.17, 15) is 4.79 Å². The molecule has 1 aromatic carbocycles. The Labute approximate surface area is 142 Å². The first-order chi connectivity index (χ1) is 11.6. The zero-order chi connectivity index (χ0) is 16.9. The van der Waals surface area contributed by atoms with Crippen molar-refractivity contribution in [1.82, 2.24) is 10.2 Å². The second-order valence-corrected chi connectivity index (χ2v) is 6.56. The minimum atomic E-state index is -1.04. The third-order valence-corrected chi connectivity index (χ3v) is 4.94. The number of aromatic nitrogens is 2. The van der Waals surface area contributed by atoms with Crippen molar-refractivity contribution in [3.05, 3.63) is 53.3 Å². The Morgan fingerprint density at radius 1 is 1.29 bits per heavy atom. The fourth-order valence-electron chi connectivity index (χ4n) is 3.58. The highest BCUT2D eigenvalue weighted by molar-refractivity contribution is 5.88. The molecular weight excluding hydrogens is 302 g/mol. The normalized spacial score (nSPS) is 20.5. The number of carboxylic acid groups (broad SMARTS) is 1. The average molecular weight is 325 g/mol. The van der Waals surface area contributed by atoms with Gasteiger partial charge in [-0.25, -0.2) is 4.79 Å². The molecule has 2 unspecified atom stereocenters. The first kappa shape index (κ1) is 16.4. The smallest absolute Gasteiger partial charge is 0.356 e. The molecule has 5 nitrogen and oxygen atoms in total. The van der Waals surface area contributed by atoms with Gasteiger partial charge in [0, 0.05) is 12.1 Å². The first-order valence-electron chi connectivity index (χ1n) is 8.49. The van der Waals surface area contributed by atoms with Crippen LogP contribution in [-0.2, 0) is 0 Å². The molecule has 0 bridgehead atoms. The molecule has 0 radical (unpaired) electrons. The van der Waals surface area contributed by atoms with E-state index in [2.05, 4.69) is 45.8 Å². The van der Waals surface area contributed by atoms with Gasteiger partial charge < -0.3 is 10.4 Å². The second-order valence-electron chi connectivity index (χ2n) is 6.56. The first-order valence-corrected chi connectivity index (χ1v) is 8.49. The fourth-order valence-corrected chi connectivity index (χ4v) is 3.58. The Balaban J connectivity index is 1.63. The third kappa shape index (κ3) is 3.72. The highest BCUT2D eigenvalue weighted by Gasteiger charge is 2.23. The fraction of sp³-hybridized carbons (Fsp3) is 0.421. The largest absolute Gasteiger partial charge is 0.476 e. The van der Waals surface area contributed by atoms with Crippen molar-refractivity contribution < 1.29 is 9.90 Å². The molecule has 0 amide bonds. The van der Waals surface area contributed by atoms with Crippen molar-refractivity contribution in [2.45, 2.75) is 38.5 Å². The second kappa shape index (κ2) is 7.43. The molecule has 3 rings (SSSR count). The summed E-state index contributed by atoms with van der Waals surface area (Å²) in [4.78, 5) is 11.1. The van der Waals surface area contributed by atoms with E-state index in [1.807, 2.05) is 0 Å². The van der Waals surface area contributed by atoms with Crippen molar-refractivity contribution in [2.75, 3.05) is 11.9 Å². The predicted molar refractivity (Wildman–Crippen MR) is 93.4 cm³/mol. The van der Waals surface area contributed by atoms with Gasteiger partial charge in [-0.05, 0) is 43.6 Å². The van der Waals surface area contributed by atoms with Gasteiger partial charge in [0.2, 0.25) is 0 Å². The Morgan fingerprint density at radius 3 is 2.83 bits per heavy atom. The molecule has 2 N–H and O–H groups in total. The van der Waals surface area contributed by atoms with Crippen molar-refractivity contribution in [1.29, 1.82) is 0 Å². The lowest BCUT2D eigenvalue weighted by Gasteiger charge is -2.30. The minimum Gasteiger partial charge on any atom is -0.476 e. The van der Waals surface area contributed by atoms with Gasteiger partial charge in [-0.2, -0.15) is 5.10 Å². The average Bonchev–Trinajstić information content (AvgIpc) is 2.61. The Kier molecular flexibility index (Phi) is 5.08. The van der Waals surface area contributed by atoms with Crippen LogP contribution in [0.3, 0.4) is 0 Å². The van der Waals surface area contributed by atoms with Gasteiger partial charge in [0.15, 0.2) is 5.69 Å². The van der Waals surface area contributed by atoms with Crippen molar-refractivity contribution in [2.24, 2.45) is 5.92 Å². The van der Waals surface area contributed by atoms with Crippen LogP contribution in [0.2, 0.25) is 0 Å². The van der Waals surface area contributed by atoms with E-state index in [-0.39, 0.29) is 5.69 Å². The Hall–Kier alpha value is -2.43. The van der Waals surface area contributed by atoms with E-state index in [0.717, 1.165) is 12.2 Å². The van der Waals surface area contributed by atoms with E-state index in [1.165, 1.54) is 31.2 Å². The molecule has 1 fully saturated rings. The number of rotatable bonds is 5. The molecule has 0 aliphatic heterocycles. The molecule has 1 saturated carbocycles. The third-order valence-electron chi connectivity index (χ3n) is 4.94. The standard InChI is InChI=1S/C19H23N3O2/c1-13-17(12-21-22-18(13)19(23)24)20-11-14-6-5-9-16(10-14)15-7-3-2-4-8-15/h2-4,7-8,12,14,16H,5-6,9-11H2,1H3,(H,20,22)(H,23,24). The number of benzene rings is 1. The van der Waals surface area contributed by atoms with Crippen LogP contribution in [-0.4, -0.2) is 27.8 Å². The molecule has 2 aromatic rings. The molecule has 24 heavy (non-hydrogen) atoms. The van der Waals surface area contributed by atoms with Crippen LogP contribution in [0, 0.1) is 12.8 Å². The molecule has 1 aliphatic rings. The summed E-state index contributed by atoms with van der Waals surface area (Å²) in [5.74, 6) is 0.174. The number of anilines is 1. The maximum atomic E-state index is 11.1. The highest BCUT2D eigenvalue weighted by atomic mass is 16.4. The van der Waals surface area contributed by atoms with E-state index in [4.69, 9.17) is 5.11 Å². The van der Waals surface area contributed by atoms with Crippen LogP contribution in [0.5, 0.6) is 0 Å². The van der Waals surface area contributed by atoms with E-state index in [0.29, 0.717) is 17.4 Å². The summed E-state index contributed by atoms with van der Waals surface area (Å²) in [5, 5.41) is 20.0. The minimum absolute atomic E-state index is 0.0193. The maximum absolute atomic E-state index is 11.1. The number of aromatic carboxylic acids is 1. The van der Waals surface area contributed by atoms with Crippen LogP contribution < -0.4 is 5.32 Å². The van der Waals surface area contributed by atoms with Gasteiger partial charge in [0.05, 0.1) is 11.9 Å². The van der Waals surface area contributed by atoms with Gasteiger partial charge in [0.25, 0.3) is 0 Å². The number of hydrogen-bond donors (Lipinski definition) is 2. The van der Waals surface area contributed by atoms with E-state index >= 15 is 0 Å². The molecule has 2 atom stereocenters. The number of carbonyl (C=O) groups is 1. The monoisotopic (exact) mass is 325 g/mol. The Bertz CT molecular complexity index is 703. The van der Waals surface area contributed by atoms with Gasteiger partial charge in [-0.3, -0.25) is 0 Å². The van der Waals surface area contributed by atoms with Crippen LogP contribution >= 0.6 is 0 Å². The molecule has 1 aromatic heterocycles. The molecule has 1 heterocycles. The molecule has 5 heteroatoms. The Morgan fingerprint density at radius 2 is 2.08 bits per heavy atom. The van der Waals surface area contributed by atoms with Crippen molar-refractivity contribution in [3.8, 4) is 0 Å². The summed E-state index contributed by atoms with van der Waals surface area (Å²) in [6.45, 7) is 2.61. The summed E-state index contributed by atoms with van der Waals surface area (Å²) >= 11 is 0. The number of nitrogens with one attached hydrogen (secondary N) is 1. The number of hydrogen-bond acceptors (Lipinski definition) is 4. The maximum Gasteiger partial charge on any atom is 0.356 e. The van der Waals surface area contributed by atoms with Gasteiger partial charge >= 0.3 is 5.97 Å². The summed E-state index contributed by atoms with van der Waals surface area (Å²) in [6, 6.07) is 10.7. The van der Waals surface area contributed by atoms with Gasteiger partial charge in [-0.1, -0.05) is 36.8 Å². The topological polar surface area (TPSA) is 75.1 Å². The summed E-state index contributed by atoms with van der Waals surface area (Å²) < 4.78 is 0. The van der Waals surface area contributed by atoms with Crippen LogP contribution in [0.4, 0.5) is 5.69 Å². The SMILES string of the molecule is Cc1c(NCC2CCCC(c3ccccc3)C2)cnnc1C(=O)O. The van der Waals surface area contributed by atoms with Crippen molar-refractivity contribution >= 4 is 11.7 Å². The molecular formula is C19H23N3O2. The molecule has 126 valence electrons. The summed E-state index contributed by atoms with van der Waals surface area (Å²) in [7, 11) is 0. The van der Waals surface area contributed by atoms with Crippen LogP contribution in [0.25, 0.3) is 0 Å². The lowest BCUT2D eigenvalue weighted by molar-refractivity contribution is 0.0688. The lowest BCUT2D eigenvalue weighted by Crippen LogP contribution is -2.22. The number of carboxylic acids is 1. The van der Waals surface area contributed by atoms with Gasteiger partial charge in [-0.15, -0.1) is 5.10 Å². The van der Waals surface area contributed by atoms with E-state index in [1.54, 1.807) is 13.1 Å². The molecule has 0 saturated heterocycles. The van der Waals surface area contributed by atoms with E-state index < -0.39 is 5.97 Å². The highest BCUT2D eigenvalue weighted by Crippen LogP contribution is 2.36. The summed E-state index contributed by atoms with van der Waals surface area (Å²) in [6.07, 6.45) is 6.47. The zero-order valence-corrected chi connectivity index (χ0v) is 13.9.